The van der Waals surface area contributed by atoms with Gasteiger partial charge in [-0.25, -0.2) is 9.18 Å². The summed E-state index contributed by atoms with van der Waals surface area (Å²) < 4.78 is 20.3. The molecule has 0 unspecified atom stereocenters. The molecule has 0 heterocycles. The molecule has 0 saturated carbocycles. The summed E-state index contributed by atoms with van der Waals surface area (Å²) in [6.45, 7) is 11.6. The predicted molar refractivity (Wildman–Crippen MR) is 109 cm³/mol. The Bertz CT molecular complexity index is 815. The summed E-state index contributed by atoms with van der Waals surface area (Å²) in [4.78, 5) is 10.7. The number of benzene rings is 2. The van der Waals surface area contributed by atoms with Crippen molar-refractivity contribution in [1.82, 2.24) is 5.32 Å². The molecule has 2 aromatic rings. The zero-order chi connectivity index (χ0) is 20.2. The highest BCUT2D eigenvalue weighted by Crippen LogP contribution is 2.37. The van der Waals surface area contributed by atoms with Crippen LogP contribution in [-0.2, 0) is 17.6 Å². The Labute approximate surface area is 161 Å². The summed E-state index contributed by atoms with van der Waals surface area (Å²) in [7, 11) is -1.85. The summed E-state index contributed by atoms with van der Waals surface area (Å²) in [5, 5.41) is 11.1. The van der Waals surface area contributed by atoms with Crippen LogP contribution in [0.2, 0.25) is 18.1 Å². The fourth-order valence-corrected chi connectivity index (χ4v) is 3.38. The number of nitrogens with one attached hydrogen (secondary N) is 1. The molecule has 27 heavy (non-hydrogen) atoms. The molecule has 2 aromatic carbocycles. The molecule has 0 aliphatic rings. The molecule has 0 bridgehead atoms. The van der Waals surface area contributed by atoms with Gasteiger partial charge in [0.15, 0.2) is 8.32 Å². The lowest BCUT2D eigenvalue weighted by Gasteiger charge is -2.36. The van der Waals surface area contributed by atoms with E-state index in [4.69, 9.17) is 9.53 Å². The van der Waals surface area contributed by atoms with Crippen molar-refractivity contribution in [3.05, 3.63) is 59.4 Å². The molecule has 6 heteroatoms. The van der Waals surface area contributed by atoms with Gasteiger partial charge in [0, 0.05) is 6.54 Å². The minimum Gasteiger partial charge on any atom is -0.465 e. The molecule has 2 N–H and O–H groups in total. The first kappa shape index (κ1) is 21.1. The molecule has 2 rings (SSSR count). The number of amides is 1. The smallest absolute Gasteiger partial charge is 0.404 e. The monoisotopic (exact) mass is 389 g/mol. The molecule has 1 amide bonds. The molecule has 0 radical (unpaired) electrons. The van der Waals surface area contributed by atoms with Crippen LogP contribution in [0.25, 0.3) is 11.1 Å². The molecule has 146 valence electrons. The number of hydrogen-bond acceptors (Lipinski definition) is 2. The Morgan fingerprint density at radius 3 is 2.41 bits per heavy atom. The summed E-state index contributed by atoms with van der Waals surface area (Å²) in [6.07, 6.45) is -1.13. The van der Waals surface area contributed by atoms with Crippen LogP contribution in [0.1, 0.15) is 31.9 Å². The first-order valence-corrected chi connectivity index (χ1v) is 11.9. The van der Waals surface area contributed by atoms with Gasteiger partial charge in [0.05, 0.1) is 6.61 Å². The average molecular weight is 390 g/mol. The van der Waals surface area contributed by atoms with Gasteiger partial charge in [-0.05, 0) is 64.7 Å². The molecular formula is C21H28FNO3Si. The van der Waals surface area contributed by atoms with Crippen molar-refractivity contribution < 1.29 is 18.7 Å². The van der Waals surface area contributed by atoms with Crippen molar-refractivity contribution in [1.29, 1.82) is 0 Å². The second kappa shape index (κ2) is 8.23. The van der Waals surface area contributed by atoms with Crippen LogP contribution in [0.3, 0.4) is 0 Å². The van der Waals surface area contributed by atoms with Crippen LogP contribution >= 0.6 is 0 Å². The topological polar surface area (TPSA) is 58.6 Å². The Morgan fingerprint density at radius 1 is 1.11 bits per heavy atom. The van der Waals surface area contributed by atoms with Crippen LogP contribution in [0.15, 0.2) is 42.5 Å². The third-order valence-corrected chi connectivity index (χ3v) is 9.55. The fraction of sp³-hybridized carbons (Fsp3) is 0.381. The zero-order valence-electron chi connectivity index (χ0n) is 16.6. The summed E-state index contributed by atoms with van der Waals surface area (Å²) in [5.74, 6) is -0.391. The highest BCUT2D eigenvalue weighted by Gasteiger charge is 2.36. The number of carboxylic acid groups (broad SMARTS) is 1. The van der Waals surface area contributed by atoms with E-state index in [-0.39, 0.29) is 11.6 Å². The lowest BCUT2D eigenvalue weighted by Crippen LogP contribution is -2.40. The molecule has 0 saturated heterocycles. The van der Waals surface area contributed by atoms with Gasteiger partial charge < -0.3 is 14.8 Å². The van der Waals surface area contributed by atoms with Gasteiger partial charge in [-0.2, -0.15) is 0 Å². The van der Waals surface area contributed by atoms with Gasteiger partial charge in [-0.15, -0.1) is 0 Å². The number of hydrogen-bond donors (Lipinski definition) is 2. The van der Waals surface area contributed by atoms with Gasteiger partial charge in [0.1, 0.15) is 5.82 Å². The van der Waals surface area contributed by atoms with Crippen LogP contribution < -0.4 is 5.32 Å². The minimum absolute atomic E-state index is 0.0638. The van der Waals surface area contributed by atoms with Gasteiger partial charge in [-0.1, -0.05) is 39.0 Å². The van der Waals surface area contributed by atoms with Crippen LogP contribution in [-0.4, -0.2) is 19.5 Å². The van der Waals surface area contributed by atoms with Crippen molar-refractivity contribution in [3.63, 3.8) is 0 Å². The Kier molecular flexibility index (Phi) is 6.44. The van der Waals surface area contributed by atoms with E-state index in [1.807, 2.05) is 24.3 Å². The molecule has 0 aromatic heterocycles. The van der Waals surface area contributed by atoms with Crippen molar-refractivity contribution in [2.75, 3.05) is 0 Å². The maximum absolute atomic E-state index is 14.0. The van der Waals surface area contributed by atoms with Crippen molar-refractivity contribution in [2.24, 2.45) is 0 Å². The second-order valence-corrected chi connectivity index (χ2v) is 13.1. The van der Waals surface area contributed by atoms with Crippen LogP contribution in [0, 0.1) is 5.82 Å². The van der Waals surface area contributed by atoms with Gasteiger partial charge >= 0.3 is 6.09 Å². The Balaban J connectivity index is 2.21. The van der Waals surface area contributed by atoms with E-state index in [0.29, 0.717) is 17.7 Å². The molecular weight excluding hydrogens is 361 g/mol. The standard InChI is InChI=1S/C21H28FNO3Si/c1-21(2,3)27(4,5)26-14-15-7-6-8-17(9-15)18-10-16(11-19(22)12-18)13-23-20(24)25/h6-12,23H,13-14H2,1-5H3,(H,24,25). The SMILES string of the molecule is CC(C)(C)[Si](C)(C)OCc1cccc(-c2cc(F)cc(CNC(=O)O)c2)c1. The highest BCUT2D eigenvalue weighted by atomic mass is 28.4. The van der Waals surface area contributed by atoms with E-state index >= 15 is 0 Å². The molecule has 0 atom stereocenters. The molecule has 0 spiro atoms. The largest absolute Gasteiger partial charge is 0.465 e. The first-order valence-electron chi connectivity index (χ1n) is 8.97. The average Bonchev–Trinajstić information content (AvgIpc) is 2.57. The van der Waals surface area contributed by atoms with Gasteiger partial charge in [0.2, 0.25) is 0 Å². The van der Waals surface area contributed by atoms with Crippen molar-refractivity contribution in [2.45, 2.75) is 52.1 Å². The summed E-state index contributed by atoms with van der Waals surface area (Å²) in [5.41, 5.74) is 3.20. The van der Waals surface area contributed by atoms with E-state index in [1.165, 1.54) is 12.1 Å². The quantitative estimate of drug-likeness (QED) is 0.616. The molecule has 4 nitrogen and oxygen atoms in total. The van der Waals surface area contributed by atoms with E-state index in [2.05, 4.69) is 39.2 Å². The Morgan fingerprint density at radius 2 is 1.78 bits per heavy atom. The zero-order valence-corrected chi connectivity index (χ0v) is 17.6. The molecule has 0 fully saturated rings. The number of carbonyl (C=O) groups is 1. The maximum atomic E-state index is 14.0. The van der Waals surface area contributed by atoms with E-state index in [1.54, 1.807) is 6.07 Å². The van der Waals surface area contributed by atoms with E-state index in [9.17, 15) is 9.18 Å². The normalized spacial score (nSPS) is 12.1. The lowest BCUT2D eigenvalue weighted by molar-refractivity contribution is 0.194. The summed E-state index contributed by atoms with van der Waals surface area (Å²) >= 11 is 0. The van der Waals surface area contributed by atoms with Crippen LogP contribution in [0.4, 0.5) is 9.18 Å². The predicted octanol–water partition coefficient (Wildman–Crippen LogP) is 5.78. The van der Waals surface area contributed by atoms with Crippen molar-refractivity contribution >= 4 is 14.4 Å². The Hall–Kier alpha value is -2.18. The first-order chi connectivity index (χ1) is 12.5. The van der Waals surface area contributed by atoms with Gasteiger partial charge in [0.25, 0.3) is 0 Å². The van der Waals surface area contributed by atoms with Crippen LogP contribution in [0.5, 0.6) is 0 Å². The molecule has 0 aliphatic carbocycles. The highest BCUT2D eigenvalue weighted by molar-refractivity contribution is 6.74. The third-order valence-electron chi connectivity index (χ3n) is 5.07. The van der Waals surface area contributed by atoms with E-state index in [0.717, 1.165) is 11.1 Å². The number of rotatable bonds is 6. The molecule has 0 aliphatic heterocycles. The number of halogens is 1. The van der Waals surface area contributed by atoms with Gasteiger partial charge in [-0.3, -0.25) is 0 Å². The third kappa shape index (κ3) is 5.90. The maximum Gasteiger partial charge on any atom is 0.404 e. The lowest BCUT2D eigenvalue weighted by atomic mass is 10.0. The second-order valence-electron chi connectivity index (χ2n) is 8.26. The van der Waals surface area contributed by atoms with E-state index < -0.39 is 20.2 Å². The van der Waals surface area contributed by atoms with Crippen molar-refractivity contribution in [3.8, 4) is 11.1 Å². The summed E-state index contributed by atoms with van der Waals surface area (Å²) in [6, 6.07) is 12.4. The minimum atomic E-state index is -1.85. The fourth-order valence-electron chi connectivity index (χ4n) is 2.42.